The number of hydrogen-bond donors (Lipinski definition) is 1. The van der Waals surface area contributed by atoms with Crippen molar-refractivity contribution in [3.05, 3.63) is 76.9 Å². The van der Waals surface area contributed by atoms with Crippen LogP contribution in [0.1, 0.15) is 11.1 Å². The quantitative estimate of drug-likeness (QED) is 0.634. The SMILES string of the molecule is C=CC(=O)NC1Cc2c(-c3noc(=O)o3)cccc2N(c2ccc(C(F)(F)F)cc2)C1. The number of benzene rings is 2. The largest absolute Gasteiger partial charge is 0.542 e. The number of anilines is 2. The molecule has 1 N–H and O–H groups in total. The van der Waals surface area contributed by atoms with Gasteiger partial charge in [0.15, 0.2) is 0 Å². The molecule has 1 amide bonds. The molecule has 1 atom stereocenters. The van der Waals surface area contributed by atoms with Crippen molar-refractivity contribution < 1.29 is 26.9 Å². The van der Waals surface area contributed by atoms with Crippen LogP contribution < -0.4 is 16.0 Å². The lowest BCUT2D eigenvalue weighted by Gasteiger charge is -2.37. The van der Waals surface area contributed by atoms with Gasteiger partial charge in [0.05, 0.1) is 11.6 Å². The van der Waals surface area contributed by atoms with E-state index in [2.05, 4.69) is 21.6 Å². The average Bonchev–Trinajstić information content (AvgIpc) is 3.18. The first-order valence-electron chi connectivity index (χ1n) is 9.23. The van der Waals surface area contributed by atoms with E-state index < -0.39 is 17.6 Å². The van der Waals surface area contributed by atoms with Crippen molar-refractivity contribution in [2.24, 2.45) is 0 Å². The lowest BCUT2D eigenvalue weighted by Crippen LogP contribution is -2.46. The van der Waals surface area contributed by atoms with Gasteiger partial charge in [0, 0.05) is 23.5 Å². The van der Waals surface area contributed by atoms with Gasteiger partial charge in [-0.05, 0) is 59.6 Å². The number of nitrogens with zero attached hydrogens (tertiary/aromatic N) is 2. The second-order valence-corrected chi connectivity index (χ2v) is 6.91. The minimum absolute atomic E-state index is 0.0232. The highest BCUT2D eigenvalue weighted by molar-refractivity contribution is 5.87. The summed E-state index contributed by atoms with van der Waals surface area (Å²) in [6.07, 6.45) is -2.93. The van der Waals surface area contributed by atoms with Gasteiger partial charge in [-0.1, -0.05) is 12.6 Å². The Balaban J connectivity index is 1.80. The molecule has 4 rings (SSSR count). The number of fused-ring (bicyclic) bond motifs is 1. The maximum atomic E-state index is 13.0. The number of halogens is 3. The highest BCUT2D eigenvalue weighted by atomic mass is 19.4. The summed E-state index contributed by atoms with van der Waals surface area (Å²) in [6, 6.07) is 9.54. The average molecular weight is 431 g/mol. The Hall–Kier alpha value is -3.82. The zero-order chi connectivity index (χ0) is 22.2. The second kappa shape index (κ2) is 7.78. The van der Waals surface area contributed by atoms with Crippen LogP contribution >= 0.6 is 0 Å². The molecule has 7 nitrogen and oxygen atoms in total. The summed E-state index contributed by atoms with van der Waals surface area (Å²) in [5.74, 6) is -1.37. The van der Waals surface area contributed by atoms with Crippen molar-refractivity contribution >= 4 is 17.3 Å². The summed E-state index contributed by atoms with van der Waals surface area (Å²) in [6.45, 7) is 3.75. The molecule has 0 bridgehead atoms. The molecule has 2 aromatic carbocycles. The number of nitrogens with one attached hydrogen (secondary N) is 1. The van der Waals surface area contributed by atoms with Crippen LogP contribution in [0, 0.1) is 0 Å². The van der Waals surface area contributed by atoms with E-state index in [0.29, 0.717) is 35.5 Å². The fourth-order valence-corrected chi connectivity index (χ4v) is 3.60. The smallest absolute Gasteiger partial charge is 0.370 e. The maximum absolute atomic E-state index is 13.0. The third-order valence-corrected chi connectivity index (χ3v) is 4.95. The van der Waals surface area contributed by atoms with Crippen molar-refractivity contribution in [1.29, 1.82) is 0 Å². The van der Waals surface area contributed by atoms with Crippen LogP contribution in [-0.4, -0.2) is 23.7 Å². The lowest BCUT2D eigenvalue weighted by atomic mass is 9.92. The minimum atomic E-state index is -4.45. The molecule has 10 heteroatoms. The van der Waals surface area contributed by atoms with Gasteiger partial charge < -0.3 is 14.6 Å². The van der Waals surface area contributed by atoms with E-state index in [0.717, 1.165) is 18.2 Å². The van der Waals surface area contributed by atoms with Crippen molar-refractivity contribution in [3.8, 4) is 11.5 Å². The van der Waals surface area contributed by atoms with Crippen LogP contribution in [0.5, 0.6) is 0 Å². The molecule has 1 aromatic heterocycles. The van der Waals surface area contributed by atoms with Gasteiger partial charge in [-0.2, -0.15) is 13.2 Å². The van der Waals surface area contributed by atoms with Gasteiger partial charge in [-0.3, -0.25) is 9.32 Å². The molecule has 1 unspecified atom stereocenters. The molecule has 0 saturated carbocycles. The highest BCUT2D eigenvalue weighted by Crippen LogP contribution is 2.39. The van der Waals surface area contributed by atoms with Gasteiger partial charge in [0.1, 0.15) is 0 Å². The summed E-state index contributed by atoms with van der Waals surface area (Å²) >= 11 is 0. The Morgan fingerprint density at radius 3 is 2.58 bits per heavy atom. The molecule has 0 spiro atoms. The Morgan fingerprint density at radius 2 is 1.97 bits per heavy atom. The lowest BCUT2D eigenvalue weighted by molar-refractivity contribution is -0.137. The van der Waals surface area contributed by atoms with E-state index in [4.69, 9.17) is 4.42 Å². The number of carbonyl (C=O) groups excluding carboxylic acids is 1. The molecule has 31 heavy (non-hydrogen) atoms. The Morgan fingerprint density at radius 1 is 1.23 bits per heavy atom. The zero-order valence-corrected chi connectivity index (χ0v) is 16.0. The van der Waals surface area contributed by atoms with Gasteiger partial charge in [0.2, 0.25) is 5.91 Å². The Bertz CT molecular complexity index is 1180. The van der Waals surface area contributed by atoms with Gasteiger partial charge >= 0.3 is 12.0 Å². The Labute approximate surface area is 173 Å². The first-order chi connectivity index (χ1) is 14.8. The summed E-state index contributed by atoms with van der Waals surface area (Å²) in [5.41, 5.74) is 1.61. The number of carbonyl (C=O) groups is 1. The van der Waals surface area contributed by atoms with Crippen molar-refractivity contribution in [3.63, 3.8) is 0 Å². The number of hydrogen-bond acceptors (Lipinski definition) is 6. The first kappa shape index (κ1) is 20.5. The van der Waals surface area contributed by atoms with Gasteiger partial charge in [0.25, 0.3) is 5.89 Å². The topological polar surface area (TPSA) is 88.6 Å². The summed E-state index contributed by atoms with van der Waals surface area (Å²) < 4.78 is 48.4. The van der Waals surface area contributed by atoms with Crippen molar-refractivity contribution in [2.45, 2.75) is 18.6 Å². The van der Waals surface area contributed by atoms with Gasteiger partial charge in [-0.15, -0.1) is 0 Å². The zero-order valence-electron chi connectivity index (χ0n) is 16.0. The fraction of sp³-hybridized carbons (Fsp3) is 0.190. The van der Waals surface area contributed by atoms with Crippen LogP contribution in [0.2, 0.25) is 0 Å². The third kappa shape index (κ3) is 4.09. The number of amides is 1. The van der Waals surface area contributed by atoms with Crippen LogP contribution in [0.3, 0.4) is 0 Å². The number of alkyl halides is 3. The number of rotatable bonds is 4. The molecule has 2 heterocycles. The molecule has 160 valence electrons. The third-order valence-electron chi connectivity index (χ3n) is 4.95. The first-order valence-corrected chi connectivity index (χ1v) is 9.23. The van der Waals surface area contributed by atoms with E-state index in [1.807, 2.05) is 0 Å². The molecule has 0 radical (unpaired) electrons. The van der Waals surface area contributed by atoms with E-state index >= 15 is 0 Å². The van der Waals surface area contributed by atoms with E-state index in [1.54, 1.807) is 23.1 Å². The molecule has 0 saturated heterocycles. The molecule has 1 aliphatic rings. The summed E-state index contributed by atoms with van der Waals surface area (Å²) in [7, 11) is 0. The molecule has 3 aromatic rings. The van der Waals surface area contributed by atoms with E-state index in [1.165, 1.54) is 12.1 Å². The van der Waals surface area contributed by atoms with Crippen molar-refractivity contribution in [2.75, 3.05) is 11.4 Å². The maximum Gasteiger partial charge on any atom is 0.542 e. The van der Waals surface area contributed by atoms with Crippen LogP contribution in [0.25, 0.3) is 11.5 Å². The highest BCUT2D eigenvalue weighted by Gasteiger charge is 2.32. The predicted octanol–water partition coefficient (Wildman–Crippen LogP) is 3.68. The van der Waals surface area contributed by atoms with Crippen LogP contribution in [-0.2, 0) is 17.4 Å². The van der Waals surface area contributed by atoms with Crippen LogP contribution in [0.4, 0.5) is 24.5 Å². The summed E-state index contributed by atoms with van der Waals surface area (Å²) in [4.78, 5) is 25.0. The normalized spacial score (nSPS) is 16.0. The minimum Gasteiger partial charge on any atom is -0.370 e. The molecule has 0 aliphatic carbocycles. The molecular formula is C21H16F3N3O4. The predicted molar refractivity (Wildman–Crippen MR) is 105 cm³/mol. The van der Waals surface area contributed by atoms with E-state index in [9.17, 15) is 22.8 Å². The Kier molecular flexibility index (Phi) is 5.14. The standard InChI is InChI=1S/C21H16F3N3O4/c1-2-18(28)25-13-10-16-15(19-26-31-20(29)30-19)4-3-5-17(16)27(11-13)14-8-6-12(7-9-14)21(22,23)24/h2-9,13H,1,10-11H2,(H,25,28). The van der Waals surface area contributed by atoms with E-state index in [-0.39, 0.29) is 17.8 Å². The number of aromatic nitrogens is 1. The van der Waals surface area contributed by atoms with Crippen LogP contribution in [0.15, 0.2) is 68.9 Å². The monoisotopic (exact) mass is 431 g/mol. The van der Waals surface area contributed by atoms with Gasteiger partial charge in [-0.25, -0.2) is 4.79 Å². The van der Waals surface area contributed by atoms with Crippen molar-refractivity contribution in [1.82, 2.24) is 10.5 Å². The molecule has 1 aliphatic heterocycles. The molecular weight excluding hydrogens is 415 g/mol. The fourth-order valence-electron chi connectivity index (χ4n) is 3.60. The summed E-state index contributed by atoms with van der Waals surface area (Å²) in [5, 5.41) is 6.45. The molecule has 0 fully saturated rings. The second-order valence-electron chi connectivity index (χ2n) is 6.91.